The molecule has 0 amide bonds. The van der Waals surface area contributed by atoms with Gasteiger partial charge >= 0.3 is 5.69 Å². The number of nitro benzene ring substituents is 1. The smallest absolute Gasteiger partial charge is 0.304 e. The van der Waals surface area contributed by atoms with Crippen LogP contribution in [0.3, 0.4) is 0 Å². The van der Waals surface area contributed by atoms with Gasteiger partial charge in [-0.1, -0.05) is 0 Å². The van der Waals surface area contributed by atoms with E-state index in [2.05, 4.69) is 0 Å². The number of hydrogen-bond donors (Lipinski definition) is 1. The van der Waals surface area contributed by atoms with E-state index >= 15 is 0 Å². The van der Waals surface area contributed by atoms with Crippen LogP contribution in [0.5, 0.6) is 0 Å². The average Bonchev–Trinajstić information content (AvgIpc) is 2.07. The van der Waals surface area contributed by atoms with Crippen molar-refractivity contribution in [3.8, 4) is 0 Å². The molecule has 1 aromatic rings. The van der Waals surface area contributed by atoms with Crippen LogP contribution in [0.1, 0.15) is 0 Å². The van der Waals surface area contributed by atoms with Gasteiger partial charge in [0, 0.05) is 19.2 Å². The normalized spacial score (nSPS) is 8.62. The zero-order valence-corrected chi connectivity index (χ0v) is 6.70. The van der Waals surface area contributed by atoms with Crippen LogP contribution in [0, 0.1) is 21.7 Å². The van der Waals surface area contributed by atoms with E-state index in [-0.39, 0.29) is 0 Å². The lowest BCUT2D eigenvalue weighted by Gasteiger charge is -1.91. The average molecular weight is 191 g/mol. The predicted octanol–water partition coefficient (Wildman–Crippen LogP) is 1.48. The Hall–Kier alpha value is -1.56. The molecular formula is C7H7F2NO3. The Bertz CT molecular complexity index is 304. The van der Waals surface area contributed by atoms with Gasteiger partial charge in [0.2, 0.25) is 5.82 Å². The molecule has 1 rings (SSSR count). The first-order chi connectivity index (χ1) is 6.11. The van der Waals surface area contributed by atoms with Gasteiger partial charge in [-0.2, -0.15) is 4.39 Å². The Morgan fingerprint density at radius 3 is 2.31 bits per heavy atom. The highest BCUT2D eigenvalue weighted by atomic mass is 19.1. The number of halogens is 2. The molecule has 0 radical (unpaired) electrons. The van der Waals surface area contributed by atoms with E-state index in [0.29, 0.717) is 6.07 Å². The second kappa shape index (κ2) is 5.15. The third-order valence-corrected chi connectivity index (χ3v) is 1.11. The highest BCUT2D eigenvalue weighted by Gasteiger charge is 2.12. The first-order valence-corrected chi connectivity index (χ1v) is 3.15. The SMILES string of the molecule is CO.O=[N+]([O-])c1ccc(F)cc1F. The van der Waals surface area contributed by atoms with Gasteiger partial charge in [-0.05, 0) is 6.07 Å². The van der Waals surface area contributed by atoms with Gasteiger partial charge in [0.05, 0.1) is 4.92 Å². The molecule has 1 N–H and O–H groups in total. The summed E-state index contributed by atoms with van der Waals surface area (Å²) in [6.07, 6.45) is 0. The molecule has 0 spiro atoms. The van der Waals surface area contributed by atoms with Crippen molar-refractivity contribution in [2.24, 2.45) is 0 Å². The summed E-state index contributed by atoms with van der Waals surface area (Å²) >= 11 is 0. The zero-order chi connectivity index (χ0) is 10.4. The summed E-state index contributed by atoms with van der Waals surface area (Å²) in [7, 11) is 1.00. The highest BCUT2D eigenvalue weighted by Crippen LogP contribution is 2.16. The van der Waals surface area contributed by atoms with Gasteiger partial charge in [-0.3, -0.25) is 10.1 Å². The minimum atomic E-state index is -1.16. The summed E-state index contributed by atoms with van der Waals surface area (Å²) in [5, 5.41) is 17.0. The summed E-state index contributed by atoms with van der Waals surface area (Å²) in [6.45, 7) is 0. The zero-order valence-electron chi connectivity index (χ0n) is 6.70. The molecule has 0 heterocycles. The Morgan fingerprint density at radius 2 is 1.92 bits per heavy atom. The molecule has 0 aliphatic rings. The van der Waals surface area contributed by atoms with E-state index in [4.69, 9.17) is 5.11 Å². The Labute approximate surface area is 72.6 Å². The van der Waals surface area contributed by atoms with Crippen molar-refractivity contribution in [1.29, 1.82) is 0 Å². The van der Waals surface area contributed by atoms with E-state index < -0.39 is 22.2 Å². The van der Waals surface area contributed by atoms with Gasteiger partial charge < -0.3 is 5.11 Å². The molecule has 72 valence electrons. The lowest BCUT2D eigenvalue weighted by atomic mass is 10.3. The van der Waals surface area contributed by atoms with Crippen molar-refractivity contribution in [2.45, 2.75) is 0 Å². The molecule has 4 nitrogen and oxygen atoms in total. The summed E-state index contributed by atoms with van der Waals surface area (Å²) in [4.78, 5) is 9.07. The van der Waals surface area contributed by atoms with E-state index in [1.54, 1.807) is 0 Å². The first kappa shape index (κ1) is 11.4. The molecule has 0 fully saturated rings. The topological polar surface area (TPSA) is 63.4 Å². The standard InChI is InChI=1S/C6H3F2NO2.CH4O/c7-4-1-2-6(9(10)11)5(8)3-4;1-2/h1-3H;2H,1H3. The number of aliphatic hydroxyl groups excluding tert-OH is 1. The van der Waals surface area contributed by atoms with Gasteiger partial charge in [0.25, 0.3) is 0 Å². The number of benzene rings is 1. The van der Waals surface area contributed by atoms with Crippen molar-refractivity contribution in [1.82, 2.24) is 0 Å². The van der Waals surface area contributed by atoms with Crippen LogP contribution >= 0.6 is 0 Å². The van der Waals surface area contributed by atoms with Crippen molar-refractivity contribution in [2.75, 3.05) is 7.11 Å². The van der Waals surface area contributed by atoms with Crippen LogP contribution in [-0.4, -0.2) is 17.1 Å². The molecule has 13 heavy (non-hydrogen) atoms. The number of aliphatic hydroxyl groups is 1. The molecule has 0 saturated heterocycles. The Morgan fingerprint density at radius 1 is 1.38 bits per heavy atom. The maximum Gasteiger partial charge on any atom is 0.304 e. The van der Waals surface area contributed by atoms with Gasteiger partial charge in [-0.25, -0.2) is 4.39 Å². The van der Waals surface area contributed by atoms with E-state index in [1.807, 2.05) is 0 Å². The van der Waals surface area contributed by atoms with Crippen LogP contribution in [0.4, 0.5) is 14.5 Å². The molecule has 1 aromatic carbocycles. The summed E-state index contributed by atoms with van der Waals surface area (Å²) in [5.41, 5.74) is -0.716. The van der Waals surface area contributed by atoms with Crippen LogP contribution in [0.2, 0.25) is 0 Å². The van der Waals surface area contributed by atoms with Crippen LogP contribution in [0.25, 0.3) is 0 Å². The second-order valence-corrected chi connectivity index (χ2v) is 1.85. The molecule has 0 aromatic heterocycles. The number of nitrogens with zero attached hydrogens (tertiary/aromatic N) is 1. The van der Waals surface area contributed by atoms with Crippen molar-refractivity contribution >= 4 is 5.69 Å². The molecule has 0 aliphatic heterocycles. The third kappa shape index (κ3) is 3.12. The van der Waals surface area contributed by atoms with Gasteiger partial charge in [0.15, 0.2) is 0 Å². The van der Waals surface area contributed by atoms with Crippen molar-refractivity contribution < 1.29 is 18.8 Å². The van der Waals surface area contributed by atoms with Crippen molar-refractivity contribution in [3.05, 3.63) is 39.9 Å². The van der Waals surface area contributed by atoms with Gasteiger partial charge in [-0.15, -0.1) is 0 Å². The Kier molecular flexibility index (Phi) is 4.53. The van der Waals surface area contributed by atoms with Crippen LogP contribution < -0.4 is 0 Å². The second-order valence-electron chi connectivity index (χ2n) is 1.85. The first-order valence-electron chi connectivity index (χ1n) is 3.15. The third-order valence-electron chi connectivity index (χ3n) is 1.11. The minimum absolute atomic E-state index is 0.470. The molecule has 0 atom stereocenters. The molecule has 6 heteroatoms. The lowest BCUT2D eigenvalue weighted by Crippen LogP contribution is -1.92. The van der Waals surface area contributed by atoms with E-state index in [9.17, 15) is 18.9 Å². The monoisotopic (exact) mass is 191 g/mol. The van der Waals surface area contributed by atoms with Crippen LogP contribution in [-0.2, 0) is 0 Å². The maximum absolute atomic E-state index is 12.4. The summed E-state index contributed by atoms with van der Waals surface area (Å²) in [6, 6.07) is 2.09. The quantitative estimate of drug-likeness (QED) is 0.540. The lowest BCUT2D eigenvalue weighted by molar-refractivity contribution is -0.387. The Balaban J connectivity index is 0.000000671. The maximum atomic E-state index is 12.4. The van der Waals surface area contributed by atoms with Crippen LogP contribution in [0.15, 0.2) is 18.2 Å². The molecule has 0 unspecified atom stereocenters. The predicted molar refractivity (Wildman–Crippen MR) is 41.2 cm³/mol. The fourth-order valence-corrected chi connectivity index (χ4v) is 0.629. The fraction of sp³-hybridized carbons (Fsp3) is 0.143. The van der Waals surface area contributed by atoms with Gasteiger partial charge in [0.1, 0.15) is 5.82 Å². The number of rotatable bonds is 1. The number of hydrogen-bond acceptors (Lipinski definition) is 3. The van der Waals surface area contributed by atoms with Crippen molar-refractivity contribution in [3.63, 3.8) is 0 Å². The van der Waals surface area contributed by atoms with E-state index in [0.717, 1.165) is 19.2 Å². The molecular weight excluding hydrogens is 184 g/mol. The molecule has 0 aliphatic carbocycles. The molecule has 0 saturated carbocycles. The summed E-state index contributed by atoms with van der Waals surface area (Å²) in [5.74, 6) is -1.98. The van der Waals surface area contributed by atoms with E-state index in [1.165, 1.54) is 0 Å². The fourth-order valence-electron chi connectivity index (χ4n) is 0.629. The molecule has 0 bridgehead atoms. The highest BCUT2D eigenvalue weighted by molar-refractivity contribution is 5.31. The largest absolute Gasteiger partial charge is 0.400 e. The number of nitro groups is 1. The summed E-state index contributed by atoms with van der Waals surface area (Å²) < 4.78 is 24.6. The minimum Gasteiger partial charge on any atom is -0.400 e.